The Labute approximate surface area is 150 Å². The molecule has 0 aliphatic carbocycles. The second kappa shape index (κ2) is 6.88. The normalized spacial score (nSPS) is 16.7. The molecule has 1 aromatic heterocycles. The monoisotopic (exact) mass is 385 g/mol. The van der Waals surface area contributed by atoms with Crippen LogP contribution in [0.1, 0.15) is 11.3 Å². The van der Waals surface area contributed by atoms with E-state index >= 15 is 0 Å². The Balaban J connectivity index is 1.76. The molecular weight excluding hydrogens is 367 g/mol. The van der Waals surface area contributed by atoms with Gasteiger partial charge in [0.2, 0.25) is 10.0 Å². The number of benzene rings is 1. The SMILES string of the molecule is Cc1cccc(N2CCN(S(=O)(=O)c3cccc(C(F)(F)F)c3)CC2)n1. The van der Waals surface area contributed by atoms with Crippen molar-refractivity contribution < 1.29 is 21.6 Å². The highest BCUT2D eigenvalue weighted by atomic mass is 32.2. The molecular formula is C17H18F3N3O2S. The predicted octanol–water partition coefficient (Wildman–Crippen LogP) is 2.92. The Bertz CT molecular complexity index is 892. The summed E-state index contributed by atoms with van der Waals surface area (Å²) in [6.07, 6.45) is -4.58. The van der Waals surface area contributed by atoms with E-state index in [4.69, 9.17) is 0 Å². The van der Waals surface area contributed by atoms with Crippen LogP contribution in [0.15, 0.2) is 47.4 Å². The smallest absolute Gasteiger partial charge is 0.354 e. The van der Waals surface area contributed by atoms with Gasteiger partial charge in [-0.2, -0.15) is 17.5 Å². The molecule has 9 heteroatoms. The first-order valence-corrected chi connectivity index (χ1v) is 9.48. The number of halogens is 3. The van der Waals surface area contributed by atoms with Crippen LogP contribution in [-0.2, 0) is 16.2 Å². The Kier molecular flexibility index (Phi) is 4.94. The maximum absolute atomic E-state index is 12.8. The van der Waals surface area contributed by atoms with Crippen molar-refractivity contribution in [2.24, 2.45) is 0 Å². The Morgan fingerprint density at radius 2 is 1.65 bits per heavy atom. The largest absolute Gasteiger partial charge is 0.416 e. The molecule has 1 aliphatic heterocycles. The molecule has 0 spiro atoms. The minimum absolute atomic E-state index is 0.189. The van der Waals surface area contributed by atoms with E-state index in [9.17, 15) is 21.6 Å². The van der Waals surface area contributed by atoms with Gasteiger partial charge < -0.3 is 4.90 Å². The minimum atomic E-state index is -4.58. The average molecular weight is 385 g/mol. The van der Waals surface area contributed by atoms with Crippen LogP contribution >= 0.6 is 0 Å². The highest BCUT2D eigenvalue weighted by Crippen LogP contribution is 2.31. The van der Waals surface area contributed by atoms with Crippen LogP contribution in [0.2, 0.25) is 0 Å². The van der Waals surface area contributed by atoms with Crippen molar-refractivity contribution in [2.75, 3.05) is 31.1 Å². The summed E-state index contributed by atoms with van der Waals surface area (Å²) in [5.74, 6) is 0.765. The van der Waals surface area contributed by atoms with E-state index in [1.54, 1.807) is 0 Å². The van der Waals surface area contributed by atoms with Crippen LogP contribution in [-0.4, -0.2) is 43.9 Å². The Morgan fingerprint density at radius 3 is 2.27 bits per heavy atom. The van der Waals surface area contributed by atoms with Gasteiger partial charge in [0.15, 0.2) is 0 Å². The molecule has 5 nitrogen and oxygen atoms in total. The van der Waals surface area contributed by atoms with Crippen molar-refractivity contribution >= 4 is 15.8 Å². The Hall–Kier alpha value is -2.13. The molecule has 0 unspecified atom stereocenters. The van der Waals surface area contributed by atoms with E-state index in [0.717, 1.165) is 23.6 Å². The van der Waals surface area contributed by atoms with E-state index in [-0.39, 0.29) is 18.0 Å². The van der Waals surface area contributed by atoms with Crippen LogP contribution in [0, 0.1) is 6.92 Å². The van der Waals surface area contributed by atoms with Crippen molar-refractivity contribution in [3.63, 3.8) is 0 Å². The van der Waals surface area contributed by atoms with Crippen molar-refractivity contribution in [1.29, 1.82) is 0 Å². The zero-order chi connectivity index (χ0) is 18.9. The van der Waals surface area contributed by atoms with E-state index in [1.807, 2.05) is 30.0 Å². The highest BCUT2D eigenvalue weighted by molar-refractivity contribution is 7.89. The lowest BCUT2D eigenvalue weighted by atomic mass is 10.2. The third kappa shape index (κ3) is 3.83. The molecule has 2 heterocycles. The summed E-state index contributed by atoms with van der Waals surface area (Å²) in [7, 11) is -3.97. The molecule has 1 aromatic carbocycles. The number of aromatic nitrogens is 1. The number of nitrogens with zero attached hydrogens (tertiary/aromatic N) is 3. The maximum Gasteiger partial charge on any atom is 0.416 e. The number of piperazine rings is 1. The van der Waals surface area contributed by atoms with Gasteiger partial charge >= 0.3 is 6.18 Å². The second-order valence-corrected chi connectivity index (χ2v) is 7.99. The van der Waals surface area contributed by atoms with Gasteiger partial charge in [-0.1, -0.05) is 12.1 Å². The van der Waals surface area contributed by atoms with E-state index in [1.165, 1.54) is 10.4 Å². The van der Waals surface area contributed by atoms with Gasteiger partial charge in [-0.3, -0.25) is 0 Å². The summed E-state index contributed by atoms with van der Waals surface area (Å²) < 4.78 is 65.1. The zero-order valence-electron chi connectivity index (χ0n) is 14.1. The molecule has 3 rings (SSSR count). The number of anilines is 1. The first kappa shape index (κ1) is 18.7. The fourth-order valence-corrected chi connectivity index (χ4v) is 4.31. The number of pyridine rings is 1. The highest BCUT2D eigenvalue weighted by Gasteiger charge is 2.34. The lowest BCUT2D eigenvalue weighted by Crippen LogP contribution is -2.49. The van der Waals surface area contributed by atoms with Gasteiger partial charge in [0.1, 0.15) is 5.82 Å². The number of aryl methyl sites for hydroxylation is 1. The van der Waals surface area contributed by atoms with Crippen molar-refractivity contribution in [2.45, 2.75) is 18.0 Å². The van der Waals surface area contributed by atoms with Crippen LogP contribution < -0.4 is 4.90 Å². The first-order valence-electron chi connectivity index (χ1n) is 8.04. The molecule has 0 N–H and O–H groups in total. The topological polar surface area (TPSA) is 53.5 Å². The lowest BCUT2D eigenvalue weighted by molar-refractivity contribution is -0.137. The standard InChI is InChI=1S/C17H18F3N3O2S/c1-13-4-2-7-16(21-13)22-8-10-23(11-9-22)26(24,25)15-6-3-5-14(12-15)17(18,19)20/h2-7,12H,8-11H2,1H3. The third-order valence-electron chi connectivity index (χ3n) is 4.24. The molecule has 0 amide bonds. The fourth-order valence-electron chi connectivity index (χ4n) is 2.84. The van der Waals surface area contributed by atoms with Crippen molar-refractivity contribution in [3.8, 4) is 0 Å². The summed E-state index contributed by atoms with van der Waals surface area (Å²) in [6, 6.07) is 9.46. The average Bonchev–Trinajstić information content (AvgIpc) is 2.61. The van der Waals surface area contributed by atoms with Crippen LogP contribution in [0.3, 0.4) is 0 Å². The summed E-state index contributed by atoms with van der Waals surface area (Å²) in [5.41, 5.74) is -0.109. The third-order valence-corrected chi connectivity index (χ3v) is 6.13. The molecule has 2 aromatic rings. The van der Waals surface area contributed by atoms with Crippen LogP contribution in [0.4, 0.5) is 19.0 Å². The number of sulfonamides is 1. The van der Waals surface area contributed by atoms with Crippen LogP contribution in [0.25, 0.3) is 0 Å². The second-order valence-electron chi connectivity index (χ2n) is 6.05. The van der Waals surface area contributed by atoms with Gasteiger partial charge in [-0.15, -0.1) is 0 Å². The van der Waals surface area contributed by atoms with E-state index in [2.05, 4.69) is 4.98 Å². The summed E-state index contributed by atoms with van der Waals surface area (Å²) >= 11 is 0. The van der Waals surface area contributed by atoms with Gasteiger partial charge in [-0.25, -0.2) is 13.4 Å². The quantitative estimate of drug-likeness (QED) is 0.815. The van der Waals surface area contributed by atoms with E-state index in [0.29, 0.717) is 19.2 Å². The van der Waals surface area contributed by atoms with Crippen molar-refractivity contribution in [3.05, 3.63) is 53.7 Å². The number of alkyl halides is 3. The minimum Gasteiger partial charge on any atom is -0.354 e. The number of hydrogen-bond donors (Lipinski definition) is 0. The molecule has 0 atom stereocenters. The van der Waals surface area contributed by atoms with E-state index < -0.39 is 21.8 Å². The number of hydrogen-bond acceptors (Lipinski definition) is 4. The lowest BCUT2D eigenvalue weighted by Gasteiger charge is -2.34. The van der Waals surface area contributed by atoms with Crippen LogP contribution in [0.5, 0.6) is 0 Å². The predicted molar refractivity (Wildman–Crippen MR) is 91.4 cm³/mol. The summed E-state index contributed by atoms with van der Waals surface area (Å²) in [5, 5.41) is 0. The molecule has 0 bridgehead atoms. The fraction of sp³-hybridized carbons (Fsp3) is 0.353. The maximum atomic E-state index is 12.8. The molecule has 1 saturated heterocycles. The van der Waals surface area contributed by atoms with Gasteiger partial charge in [0.25, 0.3) is 0 Å². The first-order chi connectivity index (χ1) is 12.2. The molecule has 140 valence electrons. The summed E-state index contributed by atoms with van der Waals surface area (Å²) in [4.78, 5) is 6.04. The summed E-state index contributed by atoms with van der Waals surface area (Å²) in [6.45, 7) is 3.10. The molecule has 0 saturated carbocycles. The Morgan fingerprint density at radius 1 is 1.00 bits per heavy atom. The van der Waals surface area contributed by atoms with Gasteiger partial charge in [0, 0.05) is 31.9 Å². The molecule has 0 radical (unpaired) electrons. The molecule has 1 aliphatic rings. The molecule has 1 fully saturated rings. The van der Waals surface area contributed by atoms with Crippen molar-refractivity contribution in [1.82, 2.24) is 9.29 Å². The molecule has 26 heavy (non-hydrogen) atoms. The van der Waals surface area contributed by atoms with Gasteiger partial charge in [-0.05, 0) is 37.3 Å². The van der Waals surface area contributed by atoms with Gasteiger partial charge in [0.05, 0.1) is 10.5 Å². The number of rotatable bonds is 3. The zero-order valence-corrected chi connectivity index (χ0v) is 14.9.